The molecule has 2 aliphatic carbocycles. The minimum absolute atomic E-state index is 0.0679. The van der Waals surface area contributed by atoms with Gasteiger partial charge in [0.2, 0.25) is 0 Å². The van der Waals surface area contributed by atoms with E-state index in [1.807, 2.05) is 7.11 Å². The molecule has 1 N–H and O–H groups in total. The van der Waals surface area contributed by atoms with Crippen molar-refractivity contribution < 1.29 is 9.84 Å². The zero-order chi connectivity index (χ0) is 10.1. The highest BCUT2D eigenvalue weighted by Gasteiger charge is 2.41. The van der Waals surface area contributed by atoms with Gasteiger partial charge in [-0.05, 0) is 43.4 Å². The van der Waals surface area contributed by atoms with Crippen molar-refractivity contribution in [2.45, 2.75) is 51.2 Å². The summed E-state index contributed by atoms with van der Waals surface area (Å²) in [6.07, 6.45) is 6.21. The maximum Gasteiger partial charge on any atom is 0.0603 e. The summed E-state index contributed by atoms with van der Waals surface area (Å²) in [7, 11) is 1.82. The zero-order valence-electron chi connectivity index (χ0n) is 9.28. The van der Waals surface area contributed by atoms with Gasteiger partial charge in [-0.25, -0.2) is 0 Å². The molecule has 2 aliphatic rings. The Balaban J connectivity index is 2.08. The van der Waals surface area contributed by atoms with Crippen LogP contribution < -0.4 is 0 Å². The van der Waals surface area contributed by atoms with E-state index in [0.717, 1.165) is 6.42 Å². The van der Waals surface area contributed by atoms with Crippen LogP contribution in [0.4, 0.5) is 0 Å². The second-order valence-electron chi connectivity index (χ2n) is 5.18. The Morgan fingerprint density at radius 2 is 1.93 bits per heavy atom. The van der Waals surface area contributed by atoms with Gasteiger partial charge in [-0.3, -0.25) is 0 Å². The molecule has 0 spiro atoms. The summed E-state index contributed by atoms with van der Waals surface area (Å²) in [6.45, 7) is 2.25. The molecule has 2 rings (SSSR count). The van der Waals surface area contributed by atoms with Gasteiger partial charge in [-0.15, -0.1) is 0 Å². The zero-order valence-corrected chi connectivity index (χ0v) is 9.28. The largest absolute Gasteiger partial charge is 0.393 e. The van der Waals surface area contributed by atoms with Gasteiger partial charge < -0.3 is 9.84 Å². The van der Waals surface area contributed by atoms with Gasteiger partial charge in [0.25, 0.3) is 0 Å². The van der Waals surface area contributed by atoms with Crippen molar-refractivity contribution in [2.24, 2.45) is 17.8 Å². The molecule has 0 radical (unpaired) electrons. The lowest BCUT2D eigenvalue weighted by atomic mass is 9.65. The summed E-state index contributed by atoms with van der Waals surface area (Å²) < 4.78 is 5.55. The third kappa shape index (κ3) is 1.82. The molecule has 82 valence electrons. The maximum atomic E-state index is 10.0. The van der Waals surface area contributed by atoms with Crippen LogP contribution >= 0.6 is 0 Å². The third-order valence-corrected chi connectivity index (χ3v) is 4.17. The van der Waals surface area contributed by atoms with E-state index in [1.165, 1.54) is 25.7 Å². The second-order valence-corrected chi connectivity index (χ2v) is 5.18. The number of aliphatic hydroxyl groups is 1. The Bertz CT molecular complexity index is 193. The van der Waals surface area contributed by atoms with E-state index in [4.69, 9.17) is 4.74 Å². The van der Waals surface area contributed by atoms with Crippen molar-refractivity contribution in [3.8, 4) is 0 Å². The lowest BCUT2D eigenvalue weighted by Gasteiger charge is -2.45. The fraction of sp³-hybridized carbons (Fsp3) is 1.00. The number of aliphatic hydroxyl groups excluding tert-OH is 1. The number of hydrogen-bond donors (Lipinski definition) is 1. The van der Waals surface area contributed by atoms with E-state index in [-0.39, 0.29) is 6.10 Å². The number of fused-ring (bicyclic) bond motifs is 1. The first kappa shape index (κ1) is 10.4. The number of methoxy groups -OCH3 is 1. The van der Waals surface area contributed by atoms with E-state index in [2.05, 4.69) is 6.92 Å². The first-order valence-corrected chi connectivity index (χ1v) is 5.93. The van der Waals surface area contributed by atoms with Crippen LogP contribution in [0.5, 0.6) is 0 Å². The summed E-state index contributed by atoms with van der Waals surface area (Å²) >= 11 is 0. The molecular weight excluding hydrogens is 176 g/mol. The van der Waals surface area contributed by atoms with E-state index < -0.39 is 0 Å². The summed E-state index contributed by atoms with van der Waals surface area (Å²) in [4.78, 5) is 0. The van der Waals surface area contributed by atoms with Gasteiger partial charge in [-0.2, -0.15) is 0 Å². The average Bonchev–Trinajstić information content (AvgIpc) is 2.17. The molecule has 2 heteroatoms. The van der Waals surface area contributed by atoms with Crippen molar-refractivity contribution in [2.75, 3.05) is 7.11 Å². The molecule has 0 aromatic rings. The van der Waals surface area contributed by atoms with Crippen LogP contribution in [0, 0.1) is 17.8 Å². The molecule has 2 fully saturated rings. The smallest absolute Gasteiger partial charge is 0.0603 e. The Labute approximate surface area is 86.6 Å². The quantitative estimate of drug-likeness (QED) is 0.700. The predicted octanol–water partition coefficient (Wildman–Crippen LogP) is 2.21. The van der Waals surface area contributed by atoms with Crippen molar-refractivity contribution in [1.29, 1.82) is 0 Å². The molecule has 0 aromatic heterocycles. The Morgan fingerprint density at radius 3 is 2.64 bits per heavy atom. The number of hydrogen-bond acceptors (Lipinski definition) is 2. The van der Waals surface area contributed by atoms with E-state index >= 15 is 0 Å². The molecule has 2 nitrogen and oxygen atoms in total. The molecule has 0 amide bonds. The van der Waals surface area contributed by atoms with Crippen molar-refractivity contribution >= 4 is 0 Å². The lowest BCUT2D eigenvalue weighted by molar-refractivity contribution is -0.0817. The van der Waals surface area contributed by atoms with Crippen molar-refractivity contribution in [1.82, 2.24) is 0 Å². The molecule has 0 bridgehead atoms. The highest BCUT2D eigenvalue weighted by atomic mass is 16.5. The summed E-state index contributed by atoms with van der Waals surface area (Å²) in [5.41, 5.74) is 0. The van der Waals surface area contributed by atoms with Gasteiger partial charge in [0, 0.05) is 7.11 Å². The molecule has 14 heavy (non-hydrogen) atoms. The van der Waals surface area contributed by atoms with Crippen LogP contribution in [0.1, 0.15) is 39.0 Å². The normalized spacial score (nSPS) is 48.6. The van der Waals surface area contributed by atoms with E-state index in [0.29, 0.717) is 23.9 Å². The maximum absolute atomic E-state index is 10.0. The van der Waals surface area contributed by atoms with Gasteiger partial charge in [0.1, 0.15) is 0 Å². The van der Waals surface area contributed by atoms with Crippen LogP contribution in [-0.2, 0) is 4.74 Å². The van der Waals surface area contributed by atoms with Gasteiger partial charge in [0.05, 0.1) is 12.2 Å². The van der Waals surface area contributed by atoms with E-state index in [9.17, 15) is 5.11 Å². The minimum atomic E-state index is -0.0679. The summed E-state index contributed by atoms with van der Waals surface area (Å²) in [6, 6.07) is 0. The Hall–Kier alpha value is -0.0800. The molecule has 2 saturated carbocycles. The number of ether oxygens (including phenoxy) is 1. The van der Waals surface area contributed by atoms with Gasteiger partial charge >= 0.3 is 0 Å². The minimum Gasteiger partial charge on any atom is -0.393 e. The lowest BCUT2D eigenvalue weighted by Crippen LogP contribution is -2.44. The van der Waals surface area contributed by atoms with Crippen LogP contribution in [0.15, 0.2) is 0 Å². The van der Waals surface area contributed by atoms with Crippen LogP contribution in [0.25, 0.3) is 0 Å². The predicted molar refractivity (Wildman–Crippen MR) is 56.0 cm³/mol. The molecular formula is C12H22O2. The van der Waals surface area contributed by atoms with Crippen LogP contribution in [-0.4, -0.2) is 24.4 Å². The van der Waals surface area contributed by atoms with Gasteiger partial charge in [0.15, 0.2) is 0 Å². The van der Waals surface area contributed by atoms with E-state index in [1.54, 1.807) is 0 Å². The molecule has 0 aliphatic heterocycles. The Kier molecular flexibility index (Phi) is 3.13. The first-order valence-electron chi connectivity index (χ1n) is 5.93. The van der Waals surface area contributed by atoms with Crippen molar-refractivity contribution in [3.05, 3.63) is 0 Å². The average molecular weight is 198 g/mol. The second kappa shape index (κ2) is 4.19. The molecule has 0 saturated heterocycles. The summed E-state index contributed by atoms with van der Waals surface area (Å²) in [5, 5.41) is 10.0. The monoisotopic (exact) mass is 198 g/mol. The fourth-order valence-corrected chi connectivity index (χ4v) is 3.50. The SMILES string of the molecule is COC1CCCC2C(O)CC(C)CC12. The third-order valence-electron chi connectivity index (χ3n) is 4.17. The molecule has 5 unspecified atom stereocenters. The molecule has 0 aromatic carbocycles. The van der Waals surface area contributed by atoms with Crippen molar-refractivity contribution in [3.63, 3.8) is 0 Å². The summed E-state index contributed by atoms with van der Waals surface area (Å²) in [5.74, 6) is 1.80. The molecule has 5 atom stereocenters. The highest BCUT2D eigenvalue weighted by Crippen LogP contribution is 2.43. The first-order chi connectivity index (χ1) is 6.72. The van der Waals surface area contributed by atoms with Crippen LogP contribution in [0.2, 0.25) is 0 Å². The van der Waals surface area contributed by atoms with Crippen LogP contribution in [0.3, 0.4) is 0 Å². The highest BCUT2D eigenvalue weighted by molar-refractivity contribution is 4.91. The molecule has 0 heterocycles. The number of rotatable bonds is 1. The van der Waals surface area contributed by atoms with Gasteiger partial charge in [-0.1, -0.05) is 13.3 Å². The standard InChI is InChI=1S/C12H22O2/c1-8-6-10-9(11(13)7-8)4-3-5-12(10)14-2/h8-13H,3-7H2,1-2H3. The fourth-order valence-electron chi connectivity index (χ4n) is 3.50. The topological polar surface area (TPSA) is 29.5 Å². The Morgan fingerprint density at radius 1 is 1.14 bits per heavy atom.